The monoisotopic (exact) mass is 238 g/mol. The first kappa shape index (κ1) is 13.5. The summed E-state index contributed by atoms with van der Waals surface area (Å²) in [7, 11) is 1.53. The molecule has 4 N–H and O–H groups in total. The zero-order chi connectivity index (χ0) is 12.8. The van der Waals surface area contributed by atoms with E-state index in [1.165, 1.54) is 7.05 Å². The molecule has 1 amide bonds. The summed E-state index contributed by atoms with van der Waals surface area (Å²) in [6.07, 6.45) is -0.391. The van der Waals surface area contributed by atoms with E-state index in [0.29, 0.717) is 6.61 Å². The second kappa shape index (κ2) is 6.22. The number of nitrogens with two attached hydrogens (primary N) is 1. The minimum absolute atomic E-state index is 0.189. The van der Waals surface area contributed by atoms with Gasteiger partial charge in [-0.3, -0.25) is 4.79 Å². The zero-order valence-corrected chi connectivity index (χ0v) is 10.0. The van der Waals surface area contributed by atoms with Crippen LogP contribution in [0.25, 0.3) is 0 Å². The van der Waals surface area contributed by atoms with Crippen molar-refractivity contribution in [1.29, 1.82) is 0 Å². The molecular formula is C12H18N2O3. The van der Waals surface area contributed by atoms with Gasteiger partial charge in [0.15, 0.2) is 0 Å². The highest BCUT2D eigenvalue weighted by molar-refractivity contribution is 5.81. The Kier molecular flexibility index (Phi) is 4.93. The fourth-order valence-corrected chi connectivity index (χ4v) is 1.36. The topological polar surface area (TPSA) is 84.6 Å². The zero-order valence-electron chi connectivity index (χ0n) is 10.0. The summed E-state index contributed by atoms with van der Waals surface area (Å²) in [6, 6.07) is 6.06. The molecule has 2 atom stereocenters. The maximum absolute atomic E-state index is 11.3. The smallest absolute Gasteiger partial charge is 0.239 e. The third kappa shape index (κ3) is 4.05. The number of hydrogen-bond acceptors (Lipinski definition) is 4. The summed E-state index contributed by atoms with van der Waals surface area (Å²) in [5.74, 6) is -0.0669. The average molecular weight is 238 g/mol. The Morgan fingerprint density at radius 3 is 2.88 bits per heavy atom. The molecule has 0 aliphatic heterocycles. The van der Waals surface area contributed by atoms with E-state index >= 15 is 0 Å². The fourth-order valence-electron chi connectivity index (χ4n) is 1.36. The lowest BCUT2D eigenvalue weighted by atomic mass is 10.2. The second-order valence-corrected chi connectivity index (χ2v) is 3.83. The minimum Gasteiger partial charge on any atom is -0.508 e. The molecule has 0 radical (unpaired) electrons. The summed E-state index contributed by atoms with van der Waals surface area (Å²) >= 11 is 0. The Morgan fingerprint density at radius 1 is 1.59 bits per heavy atom. The van der Waals surface area contributed by atoms with Crippen LogP contribution in [0.2, 0.25) is 0 Å². The van der Waals surface area contributed by atoms with Crippen LogP contribution in [0, 0.1) is 0 Å². The second-order valence-electron chi connectivity index (χ2n) is 3.83. The van der Waals surface area contributed by atoms with Gasteiger partial charge in [-0.2, -0.15) is 0 Å². The van der Waals surface area contributed by atoms with Crippen molar-refractivity contribution in [3.05, 3.63) is 29.8 Å². The SMILES string of the molecule is CNC(=O)C(N)C(C)OCc1cccc(O)c1. The lowest BCUT2D eigenvalue weighted by molar-refractivity contribution is -0.125. The molecule has 0 aliphatic carbocycles. The van der Waals surface area contributed by atoms with Gasteiger partial charge < -0.3 is 20.9 Å². The maximum atomic E-state index is 11.3. The summed E-state index contributed by atoms with van der Waals surface area (Å²) < 4.78 is 5.47. The third-order valence-corrected chi connectivity index (χ3v) is 2.48. The lowest BCUT2D eigenvalue weighted by Crippen LogP contribution is -2.46. The van der Waals surface area contributed by atoms with Crippen molar-refractivity contribution < 1.29 is 14.6 Å². The van der Waals surface area contributed by atoms with Gasteiger partial charge in [-0.15, -0.1) is 0 Å². The third-order valence-electron chi connectivity index (χ3n) is 2.48. The predicted octanol–water partition coefficient (Wildman–Crippen LogP) is 0.371. The van der Waals surface area contributed by atoms with Crippen LogP contribution < -0.4 is 11.1 Å². The Hall–Kier alpha value is -1.59. The molecule has 5 heteroatoms. The van der Waals surface area contributed by atoms with Gasteiger partial charge in [-0.1, -0.05) is 12.1 Å². The van der Waals surface area contributed by atoms with Crippen molar-refractivity contribution in [2.45, 2.75) is 25.7 Å². The number of phenols is 1. The average Bonchev–Trinajstić information content (AvgIpc) is 2.34. The van der Waals surface area contributed by atoms with E-state index in [4.69, 9.17) is 10.5 Å². The molecule has 94 valence electrons. The maximum Gasteiger partial charge on any atom is 0.239 e. The van der Waals surface area contributed by atoms with Crippen LogP contribution in [0.1, 0.15) is 12.5 Å². The first-order chi connectivity index (χ1) is 8.04. The van der Waals surface area contributed by atoms with Crippen molar-refractivity contribution in [1.82, 2.24) is 5.32 Å². The molecule has 0 saturated carbocycles. The molecule has 0 fully saturated rings. The highest BCUT2D eigenvalue weighted by Gasteiger charge is 2.20. The van der Waals surface area contributed by atoms with Gasteiger partial charge in [-0.25, -0.2) is 0 Å². The van der Waals surface area contributed by atoms with Crippen molar-refractivity contribution in [2.75, 3.05) is 7.05 Å². The largest absolute Gasteiger partial charge is 0.508 e. The van der Waals surface area contributed by atoms with Crippen LogP contribution in [0.3, 0.4) is 0 Å². The predicted molar refractivity (Wildman–Crippen MR) is 64.4 cm³/mol. The number of likely N-dealkylation sites (N-methyl/N-ethyl adjacent to an activating group) is 1. The molecule has 17 heavy (non-hydrogen) atoms. The van der Waals surface area contributed by atoms with E-state index in [2.05, 4.69) is 5.32 Å². The van der Waals surface area contributed by atoms with E-state index in [1.54, 1.807) is 25.1 Å². The highest BCUT2D eigenvalue weighted by Crippen LogP contribution is 2.12. The van der Waals surface area contributed by atoms with Crippen LogP contribution in [0.4, 0.5) is 0 Å². The van der Waals surface area contributed by atoms with E-state index < -0.39 is 12.1 Å². The van der Waals surface area contributed by atoms with Crippen molar-refractivity contribution in [3.8, 4) is 5.75 Å². The number of phenolic OH excluding ortho intramolecular Hbond substituents is 1. The summed E-state index contributed by atoms with van der Waals surface area (Å²) in [4.78, 5) is 11.3. The van der Waals surface area contributed by atoms with E-state index in [0.717, 1.165) is 5.56 Å². The van der Waals surface area contributed by atoms with Crippen LogP contribution in [0.5, 0.6) is 5.75 Å². The number of amides is 1. The summed E-state index contributed by atoms with van der Waals surface area (Å²) in [6.45, 7) is 2.04. The van der Waals surface area contributed by atoms with Gasteiger partial charge in [0.1, 0.15) is 11.8 Å². The van der Waals surface area contributed by atoms with Crippen LogP contribution in [0.15, 0.2) is 24.3 Å². The van der Waals surface area contributed by atoms with Crippen LogP contribution in [-0.4, -0.2) is 30.2 Å². The molecule has 2 unspecified atom stereocenters. The van der Waals surface area contributed by atoms with Gasteiger partial charge in [0.05, 0.1) is 12.7 Å². The number of nitrogens with one attached hydrogen (secondary N) is 1. The van der Waals surface area contributed by atoms with Gasteiger partial charge in [-0.05, 0) is 24.6 Å². The normalized spacial score (nSPS) is 14.1. The molecule has 5 nitrogen and oxygen atoms in total. The van der Waals surface area contributed by atoms with E-state index in [9.17, 15) is 9.90 Å². The Morgan fingerprint density at radius 2 is 2.29 bits per heavy atom. The lowest BCUT2D eigenvalue weighted by Gasteiger charge is -2.19. The molecule has 0 aromatic heterocycles. The molecule has 0 heterocycles. The van der Waals surface area contributed by atoms with Gasteiger partial charge >= 0.3 is 0 Å². The highest BCUT2D eigenvalue weighted by atomic mass is 16.5. The first-order valence-corrected chi connectivity index (χ1v) is 5.41. The number of hydrogen-bond donors (Lipinski definition) is 3. The van der Waals surface area contributed by atoms with Crippen molar-refractivity contribution in [3.63, 3.8) is 0 Å². The molecule has 0 bridgehead atoms. The molecular weight excluding hydrogens is 220 g/mol. The van der Waals surface area contributed by atoms with E-state index in [1.807, 2.05) is 6.07 Å². The molecule has 0 aliphatic rings. The van der Waals surface area contributed by atoms with Crippen molar-refractivity contribution >= 4 is 5.91 Å². The van der Waals surface area contributed by atoms with Crippen LogP contribution >= 0.6 is 0 Å². The number of carbonyl (C=O) groups excluding carboxylic acids is 1. The molecule has 1 aromatic rings. The Balaban J connectivity index is 2.48. The number of ether oxygens (including phenoxy) is 1. The van der Waals surface area contributed by atoms with Crippen LogP contribution in [-0.2, 0) is 16.1 Å². The molecule has 1 rings (SSSR count). The molecule has 0 saturated heterocycles. The number of aromatic hydroxyl groups is 1. The number of rotatable bonds is 5. The van der Waals surface area contributed by atoms with Gasteiger partial charge in [0, 0.05) is 7.05 Å². The fraction of sp³-hybridized carbons (Fsp3) is 0.417. The van der Waals surface area contributed by atoms with Gasteiger partial charge in [0.2, 0.25) is 5.91 Å². The van der Waals surface area contributed by atoms with Gasteiger partial charge in [0.25, 0.3) is 0 Å². The molecule has 1 aromatic carbocycles. The first-order valence-electron chi connectivity index (χ1n) is 5.41. The van der Waals surface area contributed by atoms with Crippen molar-refractivity contribution in [2.24, 2.45) is 5.73 Å². The summed E-state index contributed by atoms with van der Waals surface area (Å²) in [5.41, 5.74) is 6.51. The molecule has 0 spiro atoms. The number of benzene rings is 1. The minimum atomic E-state index is -0.697. The quantitative estimate of drug-likeness (QED) is 0.692. The Bertz CT molecular complexity index is 382. The standard InChI is InChI=1S/C12H18N2O3/c1-8(11(13)12(16)14-2)17-7-9-4-3-5-10(15)6-9/h3-6,8,11,15H,7,13H2,1-2H3,(H,14,16). The summed E-state index contributed by atoms with van der Waals surface area (Å²) in [5, 5.41) is 11.7. The van der Waals surface area contributed by atoms with E-state index in [-0.39, 0.29) is 11.7 Å². The Labute approximate surface area is 101 Å². The number of carbonyl (C=O) groups is 1.